The first-order valence-corrected chi connectivity index (χ1v) is 7.67. The van der Waals surface area contributed by atoms with Gasteiger partial charge in [-0.05, 0) is 25.1 Å². The van der Waals surface area contributed by atoms with Gasteiger partial charge in [0.15, 0.2) is 5.16 Å². The van der Waals surface area contributed by atoms with E-state index in [9.17, 15) is 9.59 Å². The summed E-state index contributed by atoms with van der Waals surface area (Å²) in [5, 5.41) is 11.3. The molecule has 0 fully saturated rings. The highest BCUT2D eigenvalue weighted by Gasteiger charge is 2.09. The SMILES string of the molecule is CCn1cnnc1SCC(=O)Nc1ccc2[nH]c(=O)[nH]c2c1. The highest BCUT2D eigenvalue weighted by molar-refractivity contribution is 7.99. The Balaban J connectivity index is 1.64. The Labute approximate surface area is 129 Å². The molecule has 0 aliphatic rings. The Hall–Kier alpha value is -2.55. The summed E-state index contributed by atoms with van der Waals surface area (Å²) in [6.45, 7) is 2.74. The maximum atomic E-state index is 12.0. The second kappa shape index (κ2) is 6.06. The number of amides is 1. The van der Waals surface area contributed by atoms with Crippen molar-refractivity contribution in [2.75, 3.05) is 11.1 Å². The Kier molecular flexibility index (Phi) is 3.96. The average molecular weight is 318 g/mol. The molecule has 9 heteroatoms. The number of hydrogen-bond acceptors (Lipinski definition) is 5. The van der Waals surface area contributed by atoms with E-state index in [1.54, 1.807) is 24.5 Å². The first-order valence-electron chi connectivity index (χ1n) is 6.68. The van der Waals surface area contributed by atoms with Crippen LogP contribution in [0.25, 0.3) is 11.0 Å². The number of carbonyl (C=O) groups excluding carboxylic acids is 1. The van der Waals surface area contributed by atoms with E-state index in [4.69, 9.17) is 0 Å². The van der Waals surface area contributed by atoms with Crippen molar-refractivity contribution in [3.63, 3.8) is 0 Å². The van der Waals surface area contributed by atoms with Crippen molar-refractivity contribution < 1.29 is 4.79 Å². The molecule has 0 saturated carbocycles. The lowest BCUT2D eigenvalue weighted by Gasteiger charge is -2.05. The van der Waals surface area contributed by atoms with Crippen LogP contribution in [0.3, 0.4) is 0 Å². The summed E-state index contributed by atoms with van der Waals surface area (Å²) >= 11 is 1.33. The molecule has 1 amide bonds. The lowest BCUT2D eigenvalue weighted by atomic mass is 10.3. The summed E-state index contributed by atoms with van der Waals surface area (Å²) < 4.78 is 1.87. The summed E-state index contributed by atoms with van der Waals surface area (Å²) in [6, 6.07) is 5.19. The van der Waals surface area contributed by atoms with Crippen molar-refractivity contribution in [1.82, 2.24) is 24.7 Å². The number of carbonyl (C=O) groups is 1. The van der Waals surface area contributed by atoms with Crippen molar-refractivity contribution in [3.05, 3.63) is 35.0 Å². The molecule has 3 rings (SSSR count). The summed E-state index contributed by atoms with van der Waals surface area (Å²) in [7, 11) is 0. The van der Waals surface area contributed by atoms with Gasteiger partial charge in [-0.15, -0.1) is 10.2 Å². The maximum absolute atomic E-state index is 12.0. The second-order valence-electron chi connectivity index (χ2n) is 4.58. The van der Waals surface area contributed by atoms with Crippen molar-refractivity contribution in [2.24, 2.45) is 0 Å². The number of aryl methyl sites for hydroxylation is 1. The number of nitrogens with zero attached hydrogens (tertiary/aromatic N) is 3. The zero-order valence-electron chi connectivity index (χ0n) is 11.8. The van der Waals surface area contributed by atoms with Gasteiger partial charge in [0.1, 0.15) is 6.33 Å². The van der Waals surface area contributed by atoms with Crippen LogP contribution < -0.4 is 11.0 Å². The lowest BCUT2D eigenvalue weighted by Crippen LogP contribution is -2.14. The summed E-state index contributed by atoms with van der Waals surface area (Å²) in [5.74, 6) is 0.0910. The minimum absolute atomic E-state index is 0.145. The van der Waals surface area contributed by atoms with Crippen LogP contribution >= 0.6 is 11.8 Å². The molecule has 0 bridgehead atoms. The van der Waals surface area contributed by atoms with Crippen LogP contribution in [0.15, 0.2) is 34.5 Å². The predicted molar refractivity (Wildman–Crippen MR) is 84.0 cm³/mol. The van der Waals surface area contributed by atoms with Crippen LogP contribution in [-0.4, -0.2) is 36.4 Å². The molecule has 0 atom stereocenters. The molecule has 3 N–H and O–H groups in total. The van der Waals surface area contributed by atoms with E-state index in [1.165, 1.54) is 11.8 Å². The molecule has 8 nitrogen and oxygen atoms in total. The summed E-state index contributed by atoms with van der Waals surface area (Å²) in [4.78, 5) is 28.5. The number of anilines is 1. The number of aromatic amines is 2. The number of nitrogens with one attached hydrogen (secondary N) is 3. The fourth-order valence-corrected chi connectivity index (χ4v) is 2.79. The molecule has 22 heavy (non-hydrogen) atoms. The zero-order valence-corrected chi connectivity index (χ0v) is 12.6. The van der Waals surface area contributed by atoms with Crippen molar-refractivity contribution in [1.29, 1.82) is 0 Å². The quantitative estimate of drug-likeness (QED) is 0.613. The minimum atomic E-state index is -0.270. The average Bonchev–Trinajstić information content (AvgIpc) is 3.09. The smallest absolute Gasteiger partial charge is 0.323 e. The second-order valence-corrected chi connectivity index (χ2v) is 5.52. The Morgan fingerprint density at radius 2 is 2.18 bits per heavy atom. The van der Waals surface area contributed by atoms with Gasteiger partial charge in [-0.1, -0.05) is 11.8 Å². The van der Waals surface area contributed by atoms with Gasteiger partial charge in [-0.25, -0.2) is 4.79 Å². The van der Waals surface area contributed by atoms with Crippen LogP contribution in [-0.2, 0) is 11.3 Å². The lowest BCUT2D eigenvalue weighted by molar-refractivity contribution is -0.113. The molecule has 3 aromatic rings. The number of aromatic nitrogens is 5. The van der Waals surface area contributed by atoms with Gasteiger partial charge in [0, 0.05) is 12.2 Å². The first-order chi connectivity index (χ1) is 10.7. The molecule has 0 aliphatic heterocycles. The van der Waals surface area contributed by atoms with Crippen LogP contribution in [0.4, 0.5) is 5.69 Å². The molecule has 0 aliphatic carbocycles. The van der Waals surface area contributed by atoms with Gasteiger partial charge in [-0.2, -0.15) is 0 Å². The molecule has 2 heterocycles. The standard InChI is InChI=1S/C13H14N6O2S/c1-2-19-7-14-18-13(19)22-6-11(20)15-8-3-4-9-10(5-8)17-12(21)16-9/h3-5,7H,2,6H2,1H3,(H,15,20)(H2,16,17,21). The van der Waals surface area contributed by atoms with Gasteiger partial charge in [0.05, 0.1) is 16.8 Å². The van der Waals surface area contributed by atoms with Crippen LogP contribution in [0.1, 0.15) is 6.92 Å². The van der Waals surface area contributed by atoms with Crippen molar-refractivity contribution >= 4 is 34.4 Å². The number of imidazole rings is 1. The number of hydrogen-bond donors (Lipinski definition) is 3. The highest BCUT2D eigenvalue weighted by atomic mass is 32.2. The highest BCUT2D eigenvalue weighted by Crippen LogP contribution is 2.17. The normalized spacial score (nSPS) is 11.0. The Morgan fingerprint density at radius 1 is 1.36 bits per heavy atom. The van der Waals surface area contributed by atoms with Crippen molar-refractivity contribution in [3.8, 4) is 0 Å². The number of thioether (sulfide) groups is 1. The van der Waals surface area contributed by atoms with Crippen molar-refractivity contribution in [2.45, 2.75) is 18.6 Å². The van der Waals surface area contributed by atoms with Gasteiger partial charge < -0.3 is 19.9 Å². The van der Waals surface area contributed by atoms with Crippen LogP contribution in [0.5, 0.6) is 0 Å². The van der Waals surface area contributed by atoms with E-state index < -0.39 is 0 Å². The fourth-order valence-electron chi connectivity index (χ4n) is 2.01. The third-order valence-corrected chi connectivity index (χ3v) is 4.03. The van der Waals surface area contributed by atoms with E-state index in [1.807, 2.05) is 11.5 Å². The molecule has 1 aromatic carbocycles. The third kappa shape index (κ3) is 3.03. The van der Waals surface area contributed by atoms with E-state index in [0.29, 0.717) is 21.9 Å². The largest absolute Gasteiger partial charge is 0.325 e. The number of H-pyrrole nitrogens is 2. The topological polar surface area (TPSA) is 108 Å². The van der Waals surface area contributed by atoms with Gasteiger partial charge in [-0.3, -0.25) is 4.79 Å². The first kappa shape index (κ1) is 14.4. The molecule has 0 saturated heterocycles. The van der Waals surface area contributed by atoms with Gasteiger partial charge in [0.25, 0.3) is 0 Å². The molecule has 0 radical (unpaired) electrons. The van der Waals surface area contributed by atoms with Gasteiger partial charge in [0.2, 0.25) is 5.91 Å². The molecule has 114 valence electrons. The zero-order chi connectivity index (χ0) is 15.5. The molecule has 0 spiro atoms. The molecule has 0 unspecified atom stereocenters. The number of fused-ring (bicyclic) bond motifs is 1. The van der Waals surface area contributed by atoms with E-state index in [-0.39, 0.29) is 17.3 Å². The Bertz CT molecular complexity index is 865. The molecule has 2 aromatic heterocycles. The Morgan fingerprint density at radius 3 is 3.00 bits per heavy atom. The van der Waals surface area contributed by atoms with Crippen LogP contribution in [0, 0.1) is 0 Å². The summed E-state index contributed by atoms with van der Waals surface area (Å²) in [6.07, 6.45) is 1.64. The maximum Gasteiger partial charge on any atom is 0.323 e. The monoisotopic (exact) mass is 318 g/mol. The fraction of sp³-hybridized carbons (Fsp3) is 0.231. The van der Waals surface area contributed by atoms with E-state index in [2.05, 4.69) is 25.5 Å². The molecular formula is C13H14N6O2S. The minimum Gasteiger partial charge on any atom is -0.325 e. The number of benzene rings is 1. The number of rotatable bonds is 5. The predicted octanol–water partition coefficient (Wildman–Crippen LogP) is 1.20. The van der Waals surface area contributed by atoms with E-state index >= 15 is 0 Å². The third-order valence-electron chi connectivity index (χ3n) is 3.05. The summed E-state index contributed by atoms with van der Waals surface area (Å²) in [5.41, 5.74) is 1.72. The molecular weight excluding hydrogens is 304 g/mol. The van der Waals surface area contributed by atoms with Crippen LogP contribution in [0.2, 0.25) is 0 Å². The van der Waals surface area contributed by atoms with E-state index in [0.717, 1.165) is 6.54 Å². The van der Waals surface area contributed by atoms with Gasteiger partial charge >= 0.3 is 5.69 Å².